The summed E-state index contributed by atoms with van der Waals surface area (Å²) in [4.78, 5) is 40.7. The zero-order chi connectivity index (χ0) is 19.6. The highest BCUT2D eigenvalue weighted by molar-refractivity contribution is 9.10. The van der Waals surface area contributed by atoms with E-state index in [0.717, 1.165) is 15.6 Å². The summed E-state index contributed by atoms with van der Waals surface area (Å²) in [6, 6.07) is 14.9. The van der Waals surface area contributed by atoms with E-state index in [1.54, 1.807) is 13.1 Å². The summed E-state index contributed by atoms with van der Waals surface area (Å²) in [6.45, 7) is 0. The molecule has 0 spiro atoms. The molecule has 0 unspecified atom stereocenters. The molecule has 1 aliphatic carbocycles. The van der Waals surface area contributed by atoms with E-state index in [2.05, 4.69) is 26.2 Å². The van der Waals surface area contributed by atoms with Gasteiger partial charge in [0.2, 0.25) is 0 Å². The molecule has 1 aliphatic heterocycles. The van der Waals surface area contributed by atoms with Crippen molar-refractivity contribution in [1.82, 2.24) is 9.55 Å². The Bertz CT molecular complexity index is 1330. The number of halogens is 1. The molecule has 138 valence electrons. The van der Waals surface area contributed by atoms with Crippen LogP contribution in [0.15, 0.2) is 68.2 Å². The third kappa shape index (κ3) is 2.23. The van der Waals surface area contributed by atoms with Crippen LogP contribution in [-0.2, 0) is 7.05 Å². The van der Waals surface area contributed by atoms with Gasteiger partial charge in [-0.15, -0.1) is 0 Å². The third-order valence-electron chi connectivity index (χ3n) is 5.32. The Morgan fingerprint density at radius 3 is 2.50 bits per heavy atom. The van der Waals surface area contributed by atoms with Gasteiger partial charge in [-0.3, -0.25) is 19.1 Å². The Hall–Kier alpha value is -3.19. The number of carbonyl (C=O) groups is 1. The van der Waals surface area contributed by atoms with Crippen LogP contribution in [0, 0.1) is 0 Å². The first-order valence-corrected chi connectivity index (χ1v) is 9.50. The molecule has 1 aromatic heterocycles. The van der Waals surface area contributed by atoms with E-state index in [1.165, 1.54) is 4.57 Å². The summed E-state index contributed by atoms with van der Waals surface area (Å²) in [5, 5.41) is 3.20. The molecule has 0 saturated carbocycles. The average Bonchev–Trinajstić information content (AvgIpc) is 2.97. The van der Waals surface area contributed by atoms with Gasteiger partial charge in [-0.05, 0) is 17.7 Å². The molecule has 2 aliphatic rings. The molecule has 2 heterocycles. The standard InChI is InChI=1S/C21H14BrN3O3/c1-25-19-16(20(27)24-21(25)28)14(10-5-4-6-11(22)9-10)15-17(23-19)12-7-2-3-8-13(12)18(15)26/h2-9,14,23H,1H3,(H,24,27,28)/t14-/m1/s1. The average molecular weight is 436 g/mol. The second-order valence-corrected chi connectivity index (χ2v) is 7.77. The van der Waals surface area contributed by atoms with E-state index in [0.29, 0.717) is 28.2 Å². The quantitative estimate of drug-likeness (QED) is 0.615. The first-order valence-electron chi connectivity index (χ1n) is 8.71. The lowest BCUT2D eigenvalue weighted by Crippen LogP contribution is -2.37. The molecule has 0 bridgehead atoms. The van der Waals surface area contributed by atoms with Gasteiger partial charge in [0.1, 0.15) is 5.82 Å². The van der Waals surface area contributed by atoms with E-state index in [1.807, 2.05) is 42.5 Å². The highest BCUT2D eigenvalue weighted by Gasteiger charge is 2.42. The monoisotopic (exact) mass is 435 g/mol. The molecule has 0 saturated heterocycles. The van der Waals surface area contributed by atoms with E-state index in [9.17, 15) is 14.4 Å². The summed E-state index contributed by atoms with van der Waals surface area (Å²) < 4.78 is 2.22. The molecular weight excluding hydrogens is 422 g/mol. The maximum Gasteiger partial charge on any atom is 0.329 e. The predicted octanol–water partition coefficient (Wildman–Crippen LogP) is 3.00. The van der Waals surface area contributed by atoms with Gasteiger partial charge >= 0.3 is 5.69 Å². The lowest BCUT2D eigenvalue weighted by molar-refractivity contribution is 0.103. The molecule has 28 heavy (non-hydrogen) atoms. The third-order valence-corrected chi connectivity index (χ3v) is 5.81. The number of Topliss-reactive ketones (excluding diaryl/α,β-unsaturated/α-hetero) is 1. The Morgan fingerprint density at radius 2 is 1.75 bits per heavy atom. The smallest absolute Gasteiger partial charge is 0.329 e. The predicted molar refractivity (Wildman–Crippen MR) is 110 cm³/mol. The van der Waals surface area contributed by atoms with Gasteiger partial charge in [-0.2, -0.15) is 0 Å². The van der Waals surface area contributed by atoms with Crippen molar-refractivity contribution in [2.75, 3.05) is 5.32 Å². The topological polar surface area (TPSA) is 84.0 Å². The fraction of sp³-hybridized carbons (Fsp3) is 0.0952. The van der Waals surface area contributed by atoms with Gasteiger partial charge < -0.3 is 5.32 Å². The molecular formula is C21H14BrN3O3. The van der Waals surface area contributed by atoms with Crippen molar-refractivity contribution in [1.29, 1.82) is 0 Å². The minimum Gasteiger partial charge on any atom is -0.340 e. The molecule has 3 aromatic rings. The van der Waals surface area contributed by atoms with Crippen molar-refractivity contribution in [2.45, 2.75) is 5.92 Å². The van der Waals surface area contributed by atoms with E-state index in [4.69, 9.17) is 0 Å². The largest absolute Gasteiger partial charge is 0.340 e. The van der Waals surface area contributed by atoms with Gasteiger partial charge in [0.05, 0.1) is 11.3 Å². The number of H-pyrrole nitrogens is 1. The molecule has 0 radical (unpaired) electrons. The number of nitrogens with zero attached hydrogens (tertiary/aromatic N) is 1. The van der Waals surface area contributed by atoms with Crippen molar-refractivity contribution in [3.8, 4) is 0 Å². The maximum atomic E-state index is 13.3. The zero-order valence-electron chi connectivity index (χ0n) is 14.7. The van der Waals surface area contributed by atoms with Gasteiger partial charge in [-0.1, -0.05) is 52.3 Å². The minimum atomic E-state index is -0.584. The Balaban J connectivity index is 1.88. The molecule has 6 nitrogen and oxygen atoms in total. The molecule has 0 amide bonds. The molecule has 0 fully saturated rings. The van der Waals surface area contributed by atoms with E-state index < -0.39 is 17.2 Å². The van der Waals surface area contributed by atoms with E-state index in [-0.39, 0.29) is 5.78 Å². The van der Waals surface area contributed by atoms with Crippen LogP contribution >= 0.6 is 15.9 Å². The number of ketones is 1. The van der Waals surface area contributed by atoms with Crippen molar-refractivity contribution in [3.05, 3.63) is 102 Å². The lowest BCUT2D eigenvalue weighted by Gasteiger charge is -2.29. The molecule has 1 atom stereocenters. The second kappa shape index (κ2) is 5.90. The van der Waals surface area contributed by atoms with Crippen LogP contribution in [0.2, 0.25) is 0 Å². The number of fused-ring (bicyclic) bond motifs is 3. The number of allylic oxidation sites excluding steroid dienone is 1. The number of aromatic amines is 1. The normalized spacial score (nSPS) is 17.1. The van der Waals surface area contributed by atoms with Crippen LogP contribution in [0.5, 0.6) is 0 Å². The van der Waals surface area contributed by atoms with E-state index >= 15 is 0 Å². The summed E-state index contributed by atoms with van der Waals surface area (Å²) in [5.74, 6) is -0.289. The van der Waals surface area contributed by atoms with Crippen LogP contribution in [-0.4, -0.2) is 15.3 Å². The number of carbonyl (C=O) groups excluding carboxylic acids is 1. The molecule has 2 aromatic carbocycles. The maximum absolute atomic E-state index is 13.3. The molecule has 2 N–H and O–H groups in total. The van der Waals surface area contributed by atoms with Crippen molar-refractivity contribution in [2.24, 2.45) is 7.05 Å². The van der Waals surface area contributed by atoms with Crippen LogP contribution in [0.1, 0.15) is 33.0 Å². The highest BCUT2D eigenvalue weighted by atomic mass is 79.9. The van der Waals surface area contributed by atoms with Crippen LogP contribution in [0.25, 0.3) is 5.70 Å². The lowest BCUT2D eigenvalue weighted by atomic mass is 9.81. The number of hydrogen-bond donors (Lipinski definition) is 2. The van der Waals surface area contributed by atoms with Crippen molar-refractivity contribution >= 4 is 33.2 Å². The zero-order valence-corrected chi connectivity index (χ0v) is 16.3. The second-order valence-electron chi connectivity index (χ2n) is 6.86. The first kappa shape index (κ1) is 16.9. The van der Waals surface area contributed by atoms with Crippen molar-refractivity contribution < 1.29 is 4.79 Å². The van der Waals surface area contributed by atoms with Crippen LogP contribution in [0.4, 0.5) is 5.82 Å². The number of anilines is 1. The fourth-order valence-electron chi connectivity index (χ4n) is 4.05. The Kier molecular flexibility index (Phi) is 3.57. The fourth-order valence-corrected chi connectivity index (χ4v) is 4.47. The van der Waals surface area contributed by atoms with Gasteiger partial charge in [-0.25, -0.2) is 4.79 Å². The Morgan fingerprint density at radius 1 is 1.00 bits per heavy atom. The summed E-state index contributed by atoms with van der Waals surface area (Å²) in [6.07, 6.45) is 0. The first-order chi connectivity index (χ1) is 13.5. The molecule has 5 rings (SSSR count). The summed E-state index contributed by atoms with van der Waals surface area (Å²) in [7, 11) is 1.59. The van der Waals surface area contributed by atoms with Crippen LogP contribution < -0.4 is 16.6 Å². The number of aromatic nitrogens is 2. The van der Waals surface area contributed by atoms with Gasteiger partial charge in [0, 0.05) is 34.1 Å². The Labute approximate surface area is 167 Å². The van der Waals surface area contributed by atoms with Crippen molar-refractivity contribution in [3.63, 3.8) is 0 Å². The number of nitrogens with one attached hydrogen (secondary N) is 2. The summed E-state index contributed by atoms with van der Waals surface area (Å²) >= 11 is 3.47. The number of rotatable bonds is 1. The van der Waals surface area contributed by atoms with Gasteiger partial charge in [0.25, 0.3) is 5.56 Å². The van der Waals surface area contributed by atoms with Gasteiger partial charge in [0.15, 0.2) is 5.78 Å². The van der Waals surface area contributed by atoms with Crippen LogP contribution in [0.3, 0.4) is 0 Å². The summed E-state index contributed by atoms with van der Waals surface area (Å²) in [5.41, 5.74) is 2.71. The highest BCUT2D eigenvalue weighted by Crippen LogP contribution is 2.47. The molecule has 7 heteroatoms. The SMILES string of the molecule is Cn1c2c(c(=O)[nH]c1=O)[C@H](c1cccc(Br)c1)C1=C(N2)c2ccccc2C1=O. The number of benzene rings is 2. The minimum absolute atomic E-state index is 0.109. The number of hydrogen-bond acceptors (Lipinski definition) is 4.